The summed E-state index contributed by atoms with van der Waals surface area (Å²) >= 11 is 0. The van der Waals surface area contributed by atoms with Crippen LogP contribution < -0.4 is 0 Å². The van der Waals surface area contributed by atoms with E-state index in [4.69, 9.17) is 10.5 Å². The van der Waals surface area contributed by atoms with Crippen molar-refractivity contribution in [1.29, 1.82) is 0 Å². The molecule has 0 heterocycles. The Kier molecular flexibility index (Phi) is 5.67. The van der Waals surface area contributed by atoms with E-state index in [0.717, 1.165) is 11.1 Å². The van der Waals surface area contributed by atoms with Crippen molar-refractivity contribution in [3.05, 3.63) is 47.9 Å². The first-order chi connectivity index (χ1) is 7.86. The van der Waals surface area contributed by atoms with Gasteiger partial charge < -0.3 is 9.78 Å². The van der Waals surface area contributed by atoms with Gasteiger partial charge >= 0.3 is 0 Å². The molecule has 0 saturated carbocycles. The Labute approximate surface area is 91.3 Å². The lowest BCUT2D eigenvalue weighted by Crippen LogP contribution is -1.79. The van der Waals surface area contributed by atoms with Crippen molar-refractivity contribution in [3.8, 4) is 0 Å². The molecule has 0 saturated heterocycles. The summed E-state index contributed by atoms with van der Waals surface area (Å²) in [6.07, 6.45) is 5.56. The third-order valence-electron chi connectivity index (χ3n) is 1.65. The molecule has 0 unspecified atom stereocenters. The molecule has 6 nitrogen and oxygen atoms in total. The van der Waals surface area contributed by atoms with E-state index in [1.54, 1.807) is 36.4 Å². The minimum absolute atomic E-state index is 0.855. The Morgan fingerprint density at radius 1 is 0.750 bits per heavy atom. The monoisotopic (exact) mass is 226 g/mol. The highest BCUT2D eigenvalue weighted by Crippen LogP contribution is 2.08. The standard InChI is InChI=1S/C10H10O6/c11-15-13-7-5-9-1-2-10(4-3-9)6-8-14-16-12/h1-8,11-12H/b7-5+,8-6+. The molecule has 0 aliphatic rings. The smallest absolute Gasteiger partial charge is 0.133 e. The average molecular weight is 226 g/mol. The summed E-state index contributed by atoms with van der Waals surface area (Å²) < 4.78 is 0. The van der Waals surface area contributed by atoms with Crippen LogP contribution >= 0.6 is 0 Å². The van der Waals surface area contributed by atoms with Gasteiger partial charge in [0.15, 0.2) is 0 Å². The summed E-state index contributed by atoms with van der Waals surface area (Å²) in [7, 11) is 0. The molecule has 86 valence electrons. The minimum Gasteiger partial charge on any atom is -0.316 e. The number of hydrogen-bond acceptors (Lipinski definition) is 6. The second-order valence-electron chi connectivity index (χ2n) is 2.61. The fourth-order valence-corrected chi connectivity index (χ4v) is 0.981. The van der Waals surface area contributed by atoms with Gasteiger partial charge in [0, 0.05) is 0 Å². The Hall–Kier alpha value is -1.86. The quantitative estimate of drug-likeness (QED) is 0.440. The normalized spacial score (nSPS) is 11.1. The largest absolute Gasteiger partial charge is 0.316 e. The van der Waals surface area contributed by atoms with E-state index in [0.29, 0.717) is 0 Å². The van der Waals surface area contributed by atoms with Crippen molar-refractivity contribution >= 4 is 12.2 Å². The zero-order valence-corrected chi connectivity index (χ0v) is 8.15. The van der Waals surface area contributed by atoms with Gasteiger partial charge in [0.05, 0.1) is 0 Å². The average Bonchev–Trinajstić information content (AvgIpc) is 2.32. The Morgan fingerprint density at radius 2 is 1.12 bits per heavy atom. The van der Waals surface area contributed by atoms with E-state index in [2.05, 4.69) is 19.9 Å². The van der Waals surface area contributed by atoms with Gasteiger partial charge in [-0.15, -0.1) is 0 Å². The second-order valence-corrected chi connectivity index (χ2v) is 2.61. The fourth-order valence-electron chi connectivity index (χ4n) is 0.981. The van der Waals surface area contributed by atoms with Gasteiger partial charge in [-0.2, -0.15) is 0 Å². The third-order valence-corrected chi connectivity index (χ3v) is 1.65. The summed E-state index contributed by atoms with van der Waals surface area (Å²) in [5, 5.41) is 22.6. The number of rotatable bonds is 6. The topological polar surface area (TPSA) is 77.4 Å². The molecule has 16 heavy (non-hydrogen) atoms. The zero-order valence-electron chi connectivity index (χ0n) is 8.15. The van der Waals surface area contributed by atoms with Crippen LogP contribution in [0.1, 0.15) is 11.1 Å². The van der Waals surface area contributed by atoms with Crippen LogP contribution in [0, 0.1) is 0 Å². The van der Waals surface area contributed by atoms with Crippen LogP contribution in [0.3, 0.4) is 0 Å². The highest BCUT2D eigenvalue weighted by Gasteiger charge is 1.89. The van der Waals surface area contributed by atoms with Crippen LogP contribution in [0.2, 0.25) is 0 Å². The highest BCUT2D eigenvalue weighted by atomic mass is 17.5. The molecule has 1 aromatic carbocycles. The molecule has 0 aliphatic heterocycles. The molecule has 1 rings (SSSR count). The molecule has 0 aromatic heterocycles. The van der Waals surface area contributed by atoms with Gasteiger partial charge in [-0.25, -0.2) is 10.5 Å². The van der Waals surface area contributed by atoms with E-state index in [1.165, 1.54) is 12.5 Å². The van der Waals surface area contributed by atoms with Crippen molar-refractivity contribution in [3.63, 3.8) is 0 Å². The summed E-state index contributed by atoms with van der Waals surface area (Å²) in [6.45, 7) is 0. The molecule has 2 N–H and O–H groups in total. The van der Waals surface area contributed by atoms with Crippen LogP contribution in [0.4, 0.5) is 0 Å². The van der Waals surface area contributed by atoms with Crippen molar-refractivity contribution in [2.24, 2.45) is 0 Å². The van der Waals surface area contributed by atoms with Gasteiger partial charge in [-0.05, 0) is 33.4 Å². The molecule has 0 fully saturated rings. The Balaban J connectivity index is 2.54. The van der Waals surface area contributed by atoms with Gasteiger partial charge in [-0.1, -0.05) is 24.3 Å². The lowest BCUT2D eigenvalue weighted by Gasteiger charge is -1.95. The molecule has 0 spiro atoms. The second kappa shape index (κ2) is 7.43. The maximum absolute atomic E-state index is 7.88. The highest BCUT2D eigenvalue weighted by molar-refractivity contribution is 5.54. The summed E-state index contributed by atoms with van der Waals surface area (Å²) in [6, 6.07) is 7.21. The van der Waals surface area contributed by atoms with Crippen LogP contribution in [-0.2, 0) is 19.9 Å². The van der Waals surface area contributed by atoms with E-state index >= 15 is 0 Å². The molecule has 1 aromatic rings. The Morgan fingerprint density at radius 3 is 1.44 bits per heavy atom. The van der Waals surface area contributed by atoms with E-state index in [-0.39, 0.29) is 0 Å². The summed E-state index contributed by atoms with van der Waals surface area (Å²) in [5.74, 6) is 0. The number of hydrogen-bond donors (Lipinski definition) is 2. The third kappa shape index (κ3) is 4.58. The van der Waals surface area contributed by atoms with Crippen molar-refractivity contribution in [2.75, 3.05) is 0 Å². The number of benzene rings is 1. The van der Waals surface area contributed by atoms with Crippen LogP contribution in [0.25, 0.3) is 12.2 Å². The van der Waals surface area contributed by atoms with Gasteiger partial charge in [-0.3, -0.25) is 0 Å². The molecule has 0 radical (unpaired) electrons. The van der Waals surface area contributed by atoms with E-state index in [1.807, 2.05) is 0 Å². The molecule has 0 bridgehead atoms. The Bertz CT molecular complexity index is 308. The first-order valence-electron chi connectivity index (χ1n) is 4.24. The predicted molar refractivity (Wildman–Crippen MR) is 54.1 cm³/mol. The van der Waals surface area contributed by atoms with Crippen LogP contribution in [0.5, 0.6) is 0 Å². The van der Waals surface area contributed by atoms with Crippen molar-refractivity contribution in [1.82, 2.24) is 0 Å². The summed E-state index contributed by atoms with van der Waals surface area (Å²) in [5.41, 5.74) is 1.71. The first kappa shape index (κ1) is 12.2. The van der Waals surface area contributed by atoms with E-state index in [9.17, 15) is 0 Å². The van der Waals surface area contributed by atoms with E-state index < -0.39 is 0 Å². The lowest BCUT2D eigenvalue weighted by molar-refractivity contribution is -0.465. The molecule has 6 heteroatoms. The molecular weight excluding hydrogens is 216 g/mol. The maximum Gasteiger partial charge on any atom is 0.133 e. The molecule has 0 amide bonds. The lowest BCUT2D eigenvalue weighted by atomic mass is 10.1. The minimum atomic E-state index is 0.855. The molecule has 0 aliphatic carbocycles. The predicted octanol–water partition coefficient (Wildman–Crippen LogP) is 2.47. The molecular formula is C10H10O6. The van der Waals surface area contributed by atoms with Gasteiger partial charge in [0.2, 0.25) is 0 Å². The van der Waals surface area contributed by atoms with Gasteiger partial charge in [0.25, 0.3) is 0 Å². The van der Waals surface area contributed by atoms with Crippen LogP contribution in [0.15, 0.2) is 36.8 Å². The molecule has 0 atom stereocenters. The SMILES string of the molecule is OOO/C=C/c1ccc(/C=C/OOO)cc1. The fraction of sp³-hybridized carbons (Fsp3) is 0. The van der Waals surface area contributed by atoms with Crippen LogP contribution in [-0.4, -0.2) is 10.5 Å². The maximum atomic E-state index is 7.88. The summed E-state index contributed by atoms with van der Waals surface area (Å²) in [4.78, 5) is 8.29. The van der Waals surface area contributed by atoms with Crippen molar-refractivity contribution < 1.29 is 30.4 Å². The first-order valence-corrected chi connectivity index (χ1v) is 4.24. The zero-order chi connectivity index (χ0) is 11.6. The van der Waals surface area contributed by atoms with Crippen molar-refractivity contribution in [2.45, 2.75) is 0 Å². The van der Waals surface area contributed by atoms with Gasteiger partial charge in [0.1, 0.15) is 12.5 Å².